The van der Waals surface area contributed by atoms with Gasteiger partial charge in [0, 0.05) is 11.0 Å². The number of carbonyl (C=O) groups is 1. The van der Waals surface area contributed by atoms with Gasteiger partial charge in [-0.3, -0.25) is 4.79 Å². The number of sulfone groups is 2. The van der Waals surface area contributed by atoms with Crippen LogP contribution in [0.4, 0.5) is 0 Å². The topological polar surface area (TPSA) is 108 Å². The summed E-state index contributed by atoms with van der Waals surface area (Å²) in [5, 5.41) is 11.8. The zero-order chi connectivity index (χ0) is 17.5. The average molecular weight is 363 g/mol. The van der Waals surface area contributed by atoms with E-state index in [1.54, 1.807) is 30.3 Å². The van der Waals surface area contributed by atoms with Crippen molar-refractivity contribution in [2.24, 2.45) is 0 Å². The van der Waals surface area contributed by atoms with E-state index in [9.17, 15) is 26.7 Å². The molecule has 2 aliphatic heterocycles. The Morgan fingerprint density at radius 1 is 0.792 bits per heavy atom. The molecule has 0 bridgehead atoms. The van der Waals surface area contributed by atoms with Crippen LogP contribution in [0.5, 0.6) is 0 Å². The van der Waals surface area contributed by atoms with E-state index in [-0.39, 0.29) is 26.9 Å². The van der Waals surface area contributed by atoms with E-state index in [1.807, 2.05) is 0 Å². The molecule has 0 fully saturated rings. The molecule has 0 atom stereocenters. The quantitative estimate of drug-likeness (QED) is 0.685. The van der Waals surface area contributed by atoms with Crippen molar-refractivity contribution in [2.45, 2.75) is 9.79 Å². The standard InChI is InChI=1S/2C8H6O3S/c2*9-7-5-12(10,11)8-4-2-1-3-6(7)8/h1-4H,5H2;1-5,9H/p-1. The van der Waals surface area contributed by atoms with Crippen LogP contribution in [0.3, 0.4) is 0 Å². The molecule has 24 heavy (non-hydrogen) atoms. The summed E-state index contributed by atoms with van der Waals surface area (Å²) in [5.41, 5.74) is 0.606. The van der Waals surface area contributed by atoms with E-state index in [0.29, 0.717) is 5.56 Å². The Morgan fingerprint density at radius 2 is 1.33 bits per heavy atom. The highest BCUT2D eigenvalue weighted by Gasteiger charge is 2.32. The van der Waals surface area contributed by atoms with Gasteiger partial charge < -0.3 is 5.11 Å². The molecule has 0 amide bonds. The Labute approximate surface area is 138 Å². The van der Waals surface area contributed by atoms with Gasteiger partial charge in [0.15, 0.2) is 25.5 Å². The molecule has 2 aliphatic rings. The maximum Gasteiger partial charge on any atom is 0.199 e. The van der Waals surface area contributed by atoms with Gasteiger partial charge in [0.1, 0.15) is 5.75 Å². The third kappa shape index (κ3) is 2.74. The van der Waals surface area contributed by atoms with Gasteiger partial charge >= 0.3 is 0 Å². The summed E-state index contributed by atoms with van der Waals surface area (Å²) in [4.78, 5) is 11.4. The molecule has 0 N–H and O–H groups in total. The summed E-state index contributed by atoms with van der Waals surface area (Å²) in [6.45, 7) is 0. The van der Waals surface area contributed by atoms with Crippen LogP contribution in [0.15, 0.2) is 63.7 Å². The molecule has 8 heteroatoms. The van der Waals surface area contributed by atoms with Gasteiger partial charge in [-0.1, -0.05) is 42.2 Å². The molecule has 124 valence electrons. The molecule has 0 radical (unpaired) electrons. The van der Waals surface area contributed by atoms with Crippen LogP contribution in [0.1, 0.15) is 15.9 Å². The number of fused-ring (bicyclic) bond motifs is 2. The highest BCUT2D eigenvalue weighted by Crippen LogP contribution is 2.29. The molecular weight excluding hydrogens is 352 g/mol. The van der Waals surface area contributed by atoms with Crippen molar-refractivity contribution in [3.05, 3.63) is 65.1 Å². The van der Waals surface area contributed by atoms with Crippen molar-refractivity contribution < 1.29 is 26.7 Å². The summed E-state index contributed by atoms with van der Waals surface area (Å²) in [6.07, 6.45) is 0. The predicted molar refractivity (Wildman–Crippen MR) is 84.4 cm³/mol. The summed E-state index contributed by atoms with van der Waals surface area (Å²) in [7, 11) is -6.73. The largest absolute Gasteiger partial charge is 0.872 e. The van der Waals surface area contributed by atoms with Crippen LogP contribution in [0, 0.1) is 0 Å². The third-order valence-electron chi connectivity index (χ3n) is 3.56. The SMILES string of the molecule is O=C1CS(=O)(=O)c2ccccc21.O=S1(=O)C=C([O-])c2ccccc21. The minimum absolute atomic E-state index is 0.120. The first-order valence-corrected chi connectivity index (χ1v) is 10.0. The Bertz CT molecular complexity index is 1070. The van der Waals surface area contributed by atoms with E-state index in [0.717, 1.165) is 5.41 Å². The van der Waals surface area contributed by atoms with Crippen LogP contribution < -0.4 is 5.11 Å². The first-order valence-electron chi connectivity index (χ1n) is 6.80. The van der Waals surface area contributed by atoms with Gasteiger partial charge in [-0.2, -0.15) is 0 Å². The highest BCUT2D eigenvalue weighted by molar-refractivity contribution is 7.95. The van der Waals surface area contributed by atoms with Crippen molar-refractivity contribution in [3.63, 3.8) is 0 Å². The zero-order valence-electron chi connectivity index (χ0n) is 12.2. The fourth-order valence-electron chi connectivity index (χ4n) is 2.48. The average Bonchev–Trinajstić information content (AvgIpc) is 2.91. The second kappa shape index (κ2) is 5.57. The summed E-state index contributed by atoms with van der Waals surface area (Å²) >= 11 is 0. The lowest BCUT2D eigenvalue weighted by Gasteiger charge is -2.05. The van der Waals surface area contributed by atoms with Gasteiger partial charge in [-0.05, 0) is 17.7 Å². The molecule has 2 heterocycles. The lowest BCUT2D eigenvalue weighted by Crippen LogP contribution is -2.03. The molecule has 2 aromatic rings. The maximum atomic E-state index is 11.2. The van der Waals surface area contributed by atoms with Gasteiger partial charge in [-0.25, -0.2) is 16.8 Å². The maximum absolute atomic E-state index is 11.2. The number of ketones is 1. The minimum atomic E-state index is -3.43. The number of rotatable bonds is 0. The highest BCUT2D eigenvalue weighted by atomic mass is 32.2. The fraction of sp³-hybridized carbons (Fsp3) is 0.0625. The Kier molecular flexibility index (Phi) is 3.81. The molecule has 0 unspecified atom stereocenters. The molecule has 0 saturated carbocycles. The van der Waals surface area contributed by atoms with Gasteiger partial charge in [-0.15, -0.1) is 0 Å². The van der Waals surface area contributed by atoms with Crippen molar-refractivity contribution in [1.29, 1.82) is 0 Å². The number of benzene rings is 2. The Balaban J connectivity index is 0.000000141. The summed E-state index contributed by atoms with van der Waals surface area (Å²) in [6, 6.07) is 12.5. The Hall–Kier alpha value is -2.45. The number of carbonyl (C=O) groups excluding carboxylic acids is 1. The molecule has 2 aromatic carbocycles. The molecular formula is C16H11O6S2-. The predicted octanol–water partition coefficient (Wildman–Crippen LogP) is 0.789. The van der Waals surface area contributed by atoms with Crippen molar-refractivity contribution in [2.75, 3.05) is 5.75 Å². The molecule has 0 spiro atoms. The smallest absolute Gasteiger partial charge is 0.199 e. The van der Waals surface area contributed by atoms with E-state index in [4.69, 9.17) is 0 Å². The Morgan fingerprint density at radius 3 is 1.92 bits per heavy atom. The van der Waals surface area contributed by atoms with Crippen LogP contribution in [-0.2, 0) is 19.7 Å². The second-order valence-corrected chi connectivity index (χ2v) is 8.93. The summed E-state index contributed by atoms with van der Waals surface area (Å²) in [5.74, 6) is -1.09. The molecule has 0 saturated heterocycles. The van der Waals surface area contributed by atoms with E-state index in [1.165, 1.54) is 18.2 Å². The fourth-order valence-corrected chi connectivity index (χ4v) is 5.22. The van der Waals surface area contributed by atoms with E-state index < -0.39 is 25.4 Å². The summed E-state index contributed by atoms with van der Waals surface area (Å²) < 4.78 is 44.9. The lowest BCUT2D eigenvalue weighted by molar-refractivity contribution is -0.243. The molecule has 4 rings (SSSR count). The number of Topliss-reactive ketones (excluding diaryl/α,β-unsaturated/α-hetero) is 1. The molecule has 0 aliphatic carbocycles. The van der Waals surface area contributed by atoms with Gasteiger partial charge in [0.05, 0.1) is 9.79 Å². The zero-order valence-corrected chi connectivity index (χ0v) is 13.8. The normalized spacial score (nSPS) is 18.8. The van der Waals surface area contributed by atoms with Crippen molar-refractivity contribution in [3.8, 4) is 0 Å². The minimum Gasteiger partial charge on any atom is -0.872 e. The van der Waals surface area contributed by atoms with Crippen LogP contribution in [0.2, 0.25) is 0 Å². The van der Waals surface area contributed by atoms with Crippen LogP contribution >= 0.6 is 0 Å². The van der Waals surface area contributed by atoms with Crippen molar-refractivity contribution in [1.82, 2.24) is 0 Å². The van der Waals surface area contributed by atoms with Crippen molar-refractivity contribution >= 4 is 31.2 Å². The molecule has 6 nitrogen and oxygen atoms in total. The van der Waals surface area contributed by atoms with Crippen LogP contribution in [-0.4, -0.2) is 28.4 Å². The number of hydrogen-bond acceptors (Lipinski definition) is 6. The van der Waals surface area contributed by atoms with Gasteiger partial charge in [0.2, 0.25) is 0 Å². The first-order chi connectivity index (χ1) is 11.2. The third-order valence-corrected chi connectivity index (χ3v) is 6.73. The van der Waals surface area contributed by atoms with Gasteiger partial charge in [0.25, 0.3) is 0 Å². The van der Waals surface area contributed by atoms with Crippen LogP contribution in [0.25, 0.3) is 5.76 Å². The number of hydrogen-bond donors (Lipinski definition) is 0. The second-order valence-electron chi connectivity index (χ2n) is 5.20. The monoisotopic (exact) mass is 363 g/mol. The molecule has 0 aromatic heterocycles. The van der Waals surface area contributed by atoms with E-state index >= 15 is 0 Å². The first kappa shape index (κ1) is 16.4. The van der Waals surface area contributed by atoms with E-state index in [2.05, 4.69) is 0 Å². The lowest BCUT2D eigenvalue weighted by atomic mass is 10.2.